The standard InChI is InChI=1S/C17H21N3O4S/c1-12-5-7-13(8-6-12)20-15(22)10-19-17(20)25-11-14(21)18-9-3-4-16(23)24-2/h5-8H,3-4,9-11H2,1-2H3,(H,18,21). The van der Waals surface area contributed by atoms with E-state index in [2.05, 4.69) is 15.0 Å². The number of hydrogen-bond donors (Lipinski definition) is 1. The van der Waals surface area contributed by atoms with Crippen LogP contribution in [0.25, 0.3) is 0 Å². The van der Waals surface area contributed by atoms with Crippen molar-refractivity contribution >= 4 is 40.4 Å². The Bertz CT molecular complexity index is 673. The first-order valence-electron chi connectivity index (χ1n) is 7.91. The topological polar surface area (TPSA) is 88.1 Å². The summed E-state index contributed by atoms with van der Waals surface area (Å²) in [5, 5.41) is 3.26. The van der Waals surface area contributed by atoms with Crippen molar-refractivity contribution < 1.29 is 19.1 Å². The van der Waals surface area contributed by atoms with Crippen LogP contribution in [0.15, 0.2) is 29.3 Å². The molecule has 0 aliphatic carbocycles. The van der Waals surface area contributed by atoms with Crippen LogP contribution in [0.1, 0.15) is 18.4 Å². The molecule has 134 valence electrons. The Hall–Kier alpha value is -2.35. The fourth-order valence-corrected chi connectivity index (χ4v) is 3.04. The molecule has 25 heavy (non-hydrogen) atoms. The smallest absolute Gasteiger partial charge is 0.305 e. The van der Waals surface area contributed by atoms with Gasteiger partial charge in [-0.25, -0.2) is 0 Å². The molecule has 0 atom stereocenters. The van der Waals surface area contributed by atoms with Crippen molar-refractivity contribution in [3.8, 4) is 0 Å². The van der Waals surface area contributed by atoms with Gasteiger partial charge in [-0.2, -0.15) is 0 Å². The number of carbonyl (C=O) groups is 3. The molecule has 7 nitrogen and oxygen atoms in total. The quantitative estimate of drug-likeness (QED) is 0.586. The van der Waals surface area contributed by atoms with Gasteiger partial charge in [0.1, 0.15) is 6.54 Å². The Kier molecular flexibility index (Phi) is 7.00. The van der Waals surface area contributed by atoms with E-state index in [-0.39, 0.29) is 36.5 Å². The number of esters is 1. The van der Waals surface area contributed by atoms with Crippen molar-refractivity contribution in [2.24, 2.45) is 4.99 Å². The molecular weight excluding hydrogens is 342 g/mol. The van der Waals surface area contributed by atoms with Gasteiger partial charge in [-0.05, 0) is 25.5 Å². The third-order valence-electron chi connectivity index (χ3n) is 3.52. The maximum Gasteiger partial charge on any atom is 0.305 e. The number of nitrogens with zero attached hydrogens (tertiary/aromatic N) is 2. The average molecular weight is 363 g/mol. The molecule has 1 aromatic carbocycles. The molecule has 1 aliphatic heterocycles. The fraction of sp³-hybridized carbons (Fsp3) is 0.412. The van der Waals surface area contributed by atoms with E-state index in [9.17, 15) is 14.4 Å². The summed E-state index contributed by atoms with van der Waals surface area (Å²) in [4.78, 5) is 40.7. The van der Waals surface area contributed by atoms with E-state index in [0.717, 1.165) is 11.3 Å². The molecule has 0 aromatic heterocycles. The highest BCUT2D eigenvalue weighted by atomic mass is 32.2. The summed E-state index contributed by atoms with van der Waals surface area (Å²) in [5.74, 6) is -0.408. The largest absolute Gasteiger partial charge is 0.469 e. The first-order valence-corrected chi connectivity index (χ1v) is 8.90. The molecule has 0 fully saturated rings. The molecule has 8 heteroatoms. The van der Waals surface area contributed by atoms with Gasteiger partial charge in [-0.15, -0.1) is 0 Å². The molecule has 2 amide bonds. The van der Waals surface area contributed by atoms with Gasteiger partial charge in [0.15, 0.2) is 5.17 Å². The van der Waals surface area contributed by atoms with Gasteiger partial charge in [-0.3, -0.25) is 24.3 Å². The predicted octanol–water partition coefficient (Wildman–Crippen LogP) is 1.50. The molecule has 1 aliphatic rings. The second-order valence-electron chi connectivity index (χ2n) is 5.48. The van der Waals surface area contributed by atoms with Crippen LogP contribution >= 0.6 is 11.8 Å². The molecule has 2 rings (SSSR count). The van der Waals surface area contributed by atoms with Gasteiger partial charge in [0, 0.05) is 13.0 Å². The van der Waals surface area contributed by atoms with E-state index >= 15 is 0 Å². The van der Waals surface area contributed by atoms with Crippen LogP contribution in [0.4, 0.5) is 5.69 Å². The lowest BCUT2D eigenvalue weighted by Gasteiger charge is -2.18. The summed E-state index contributed by atoms with van der Waals surface area (Å²) in [6.45, 7) is 2.47. The number of aliphatic imine (C=N–C) groups is 1. The number of rotatable bonds is 7. The number of amidine groups is 1. The van der Waals surface area contributed by atoms with E-state index in [0.29, 0.717) is 18.1 Å². The minimum absolute atomic E-state index is 0.0942. The Balaban J connectivity index is 1.81. The number of amides is 2. The molecule has 0 saturated carbocycles. The van der Waals surface area contributed by atoms with Gasteiger partial charge in [0.05, 0.1) is 18.6 Å². The van der Waals surface area contributed by atoms with E-state index in [1.165, 1.54) is 23.8 Å². The highest BCUT2D eigenvalue weighted by Crippen LogP contribution is 2.24. The monoisotopic (exact) mass is 363 g/mol. The fourth-order valence-electron chi connectivity index (χ4n) is 2.19. The van der Waals surface area contributed by atoms with Gasteiger partial charge in [0.25, 0.3) is 5.91 Å². The number of benzene rings is 1. The molecule has 0 radical (unpaired) electrons. The summed E-state index contributed by atoms with van der Waals surface area (Å²) in [5.41, 5.74) is 1.85. The molecule has 0 spiro atoms. The van der Waals surface area contributed by atoms with Crippen LogP contribution in [0.5, 0.6) is 0 Å². The lowest BCUT2D eigenvalue weighted by molar-refractivity contribution is -0.140. The zero-order chi connectivity index (χ0) is 18.2. The number of ether oxygens (including phenoxy) is 1. The van der Waals surface area contributed by atoms with Crippen molar-refractivity contribution in [2.75, 3.05) is 30.9 Å². The van der Waals surface area contributed by atoms with Crippen molar-refractivity contribution in [3.63, 3.8) is 0 Å². The lowest BCUT2D eigenvalue weighted by Crippen LogP contribution is -2.32. The highest BCUT2D eigenvalue weighted by molar-refractivity contribution is 8.14. The molecule has 1 heterocycles. The summed E-state index contributed by atoms with van der Waals surface area (Å²) in [6, 6.07) is 7.58. The van der Waals surface area contributed by atoms with E-state index in [1.54, 1.807) is 0 Å². The Morgan fingerprint density at radius 3 is 2.72 bits per heavy atom. The number of thioether (sulfide) groups is 1. The molecule has 0 saturated heterocycles. The van der Waals surface area contributed by atoms with Crippen LogP contribution in [0, 0.1) is 6.92 Å². The third-order valence-corrected chi connectivity index (χ3v) is 4.50. The van der Waals surface area contributed by atoms with E-state index < -0.39 is 0 Å². The third kappa shape index (κ3) is 5.60. The van der Waals surface area contributed by atoms with Crippen LogP contribution in [-0.4, -0.2) is 48.9 Å². The SMILES string of the molecule is COC(=O)CCCNC(=O)CSC1=NCC(=O)N1c1ccc(C)cc1. The Morgan fingerprint density at radius 1 is 1.32 bits per heavy atom. The van der Waals surface area contributed by atoms with Gasteiger partial charge >= 0.3 is 5.97 Å². The summed E-state index contributed by atoms with van der Waals surface area (Å²) < 4.78 is 4.53. The van der Waals surface area contributed by atoms with Gasteiger partial charge < -0.3 is 10.1 Å². The first kappa shape index (κ1) is 19.0. The Labute approximate surface area is 150 Å². The summed E-state index contributed by atoms with van der Waals surface area (Å²) >= 11 is 1.22. The molecule has 0 bridgehead atoms. The van der Waals surface area contributed by atoms with Crippen molar-refractivity contribution in [2.45, 2.75) is 19.8 Å². The van der Waals surface area contributed by atoms with Crippen LogP contribution in [0.2, 0.25) is 0 Å². The highest BCUT2D eigenvalue weighted by Gasteiger charge is 2.27. The average Bonchev–Trinajstić information content (AvgIpc) is 2.98. The zero-order valence-corrected chi connectivity index (χ0v) is 15.1. The summed E-state index contributed by atoms with van der Waals surface area (Å²) in [6.07, 6.45) is 0.796. The van der Waals surface area contributed by atoms with Crippen molar-refractivity contribution in [3.05, 3.63) is 29.8 Å². The number of aryl methyl sites for hydroxylation is 1. The van der Waals surface area contributed by atoms with Crippen molar-refractivity contribution in [1.29, 1.82) is 0 Å². The lowest BCUT2D eigenvalue weighted by atomic mass is 10.2. The van der Waals surface area contributed by atoms with Gasteiger partial charge in [-0.1, -0.05) is 29.5 Å². The number of hydrogen-bond acceptors (Lipinski definition) is 6. The molecular formula is C17H21N3O4S. The predicted molar refractivity (Wildman–Crippen MR) is 97.7 cm³/mol. The van der Waals surface area contributed by atoms with Crippen LogP contribution < -0.4 is 10.2 Å². The second-order valence-corrected chi connectivity index (χ2v) is 6.42. The maximum absolute atomic E-state index is 12.1. The molecule has 1 aromatic rings. The zero-order valence-electron chi connectivity index (χ0n) is 14.3. The van der Waals surface area contributed by atoms with Gasteiger partial charge in [0.2, 0.25) is 5.91 Å². The maximum atomic E-state index is 12.1. The summed E-state index contributed by atoms with van der Waals surface area (Å²) in [7, 11) is 1.33. The van der Waals surface area contributed by atoms with Crippen molar-refractivity contribution in [1.82, 2.24) is 5.32 Å². The minimum atomic E-state index is -0.295. The minimum Gasteiger partial charge on any atom is -0.469 e. The number of methoxy groups -OCH3 is 1. The number of anilines is 1. The Morgan fingerprint density at radius 2 is 2.04 bits per heavy atom. The van der Waals surface area contributed by atoms with E-state index in [1.807, 2.05) is 31.2 Å². The number of nitrogens with one attached hydrogen (secondary N) is 1. The second kappa shape index (κ2) is 9.22. The first-order chi connectivity index (χ1) is 12.0. The molecule has 1 N–H and O–H groups in total. The normalized spacial score (nSPS) is 13.6. The van der Waals surface area contributed by atoms with E-state index in [4.69, 9.17) is 0 Å². The number of carbonyl (C=O) groups excluding carboxylic acids is 3. The molecule has 0 unspecified atom stereocenters. The van der Waals surface area contributed by atoms with Crippen LogP contribution in [0.3, 0.4) is 0 Å². The van der Waals surface area contributed by atoms with Crippen LogP contribution in [-0.2, 0) is 19.1 Å².